The van der Waals surface area contributed by atoms with Crippen LogP contribution in [0.1, 0.15) is 62.5 Å². The number of nitrogens with zero attached hydrogens (tertiary/aromatic N) is 2. The first-order valence-electron chi connectivity index (χ1n) is 8.16. The summed E-state index contributed by atoms with van der Waals surface area (Å²) in [6.45, 7) is 4.11. The number of amides is 1. The quantitative estimate of drug-likeness (QED) is 0.895. The zero-order valence-corrected chi connectivity index (χ0v) is 13.0. The predicted octanol–water partition coefficient (Wildman–Crippen LogP) is 2.10. The van der Waals surface area contributed by atoms with Gasteiger partial charge in [0, 0.05) is 24.3 Å². The Bertz CT molecular complexity index is 496. The minimum Gasteiger partial charge on any atom is -0.347 e. The number of hydrogen-bond donors (Lipinski definition) is 2. The standard InChI is InChI=1S/C16H26N4O/c1-10(2)20-7-6-14(19-20)16(21)18-15-11-4-3-5-12(15)9-13(17)8-11/h6-7,10-13,15H,3-5,8-9,17H2,1-2H3,(H,18,21). The lowest BCUT2D eigenvalue weighted by Gasteiger charge is -2.45. The second-order valence-electron chi connectivity index (χ2n) is 6.96. The lowest BCUT2D eigenvalue weighted by atomic mass is 9.67. The molecule has 0 spiro atoms. The molecule has 116 valence electrons. The molecule has 1 heterocycles. The Morgan fingerprint density at radius 2 is 2.05 bits per heavy atom. The molecule has 0 saturated heterocycles. The van der Waals surface area contributed by atoms with Crippen LogP contribution in [-0.4, -0.2) is 27.8 Å². The second kappa shape index (κ2) is 5.79. The second-order valence-corrected chi connectivity index (χ2v) is 6.96. The van der Waals surface area contributed by atoms with E-state index in [2.05, 4.69) is 24.3 Å². The smallest absolute Gasteiger partial charge is 0.272 e. The number of hydrogen-bond acceptors (Lipinski definition) is 3. The fraction of sp³-hybridized carbons (Fsp3) is 0.750. The Labute approximate surface area is 126 Å². The van der Waals surface area contributed by atoms with E-state index in [0.29, 0.717) is 23.6 Å². The Morgan fingerprint density at radius 3 is 2.62 bits per heavy atom. The van der Waals surface area contributed by atoms with Crippen LogP contribution in [0.25, 0.3) is 0 Å². The monoisotopic (exact) mass is 290 g/mol. The first kappa shape index (κ1) is 14.6. The summed E-state index contributed by atoms with van der Waals surface area (Å²) in [6, 6.07) is 2.68. The van der Waals surface area contributed by atoms with Crippen LogP contribution in [0.4, 0.5) is 0 Å². The number of nitrogens with two attached hydrogens (primary N) is 1. The van der Waals surface area contributed by atoms with Gasteiger partial charge in [-0.3, -0.25) is 9.48 Å². The summed E-state index contributed by atoms with van der Waals surface area (Å²) >= 11 is 0. The molecule has 2 fully saturated rings. The fourth-order valence-corrected chi connectivity index (χ4v) is 4.00. The van der Waals surface area contributed by atoms with Crippen molar-refractivity contribution in [3.05, 3.63) is 18.0 Å². The molecule has 1 amide bonds. The molecule has 5 heteroatoms. The van der Waals surface area contributed by atoms with Crippen LogP contribution in [0.15, 0.2) is 12.3 Å². The molecule has 2 bridgehead atoms. The summed E-state index contributed by atoms with van der Waals surface area (Å²) in [4.78, 5) is 12.4. The highest BCUT2D eigenvalue weighted by Crippen LogP contribution is 2.39. The van der Waals surface area contributed by atoms with Crippen molar-refractivity contribution in [3.8, 4) is 0 Å². The maximum atomic E-state index is 12.4. The summed E-state index contributed by atoms with van der Waals surface area (Å²) in [5.74, 6) is 1.05. The zero-order valence-electron chi connectivity index (χ0n) is 13.0. The molecule has 3 N–H and O–H groups in total. The number of aromatic nitrogens is 2. The zero-order chi connectivity index (χ0) is 15.0. The Balaban J connectivity index is 1.69. The third-order valence-corrected chi connectivity index (χ3v) is 5.04. The van der Waals surface area contributed by atoms with Gasteiger partial charge in [0.1, 0.15) is 5.69 Å². The van der Waals surface area contributed by atoms with Crippen LogP contribution in [0.2, 0.25) is 0 Å². The number of carbonyl (C=O) groups excluding carboxylic acids is 1. The fourth-order valence-electron chi connectivity index (χ4n) is 4.00. The van der Waals surface area contributed by atoms with Gasteiger partial charge in [-0.15, -0.1) is 0 Å². The maximum Gasteiger partial charge on any atom is 0.272 e. The summed E-state index contributed by atoms with van der Waals surface area (Å²) in [6.07, 6.45) is 7.61. The first-order valence-corrected chi connectivity index (χ1v) is 8.16. The van der Waals surface area contributed by atoms with Gasteiger partial charge in [0.2, 0.25) is 0 Å². The average Bonchev–Trinajstić information content (AvgIpc) is 2.89. The highest BCUT2D eigenvalue weighted by molar-refractivity contribution is 5.92. The molecule has 0 aliphatic heterocycles. The molecule has 1 aromatic rings. The SMILES string of the molecule is CC(C)n1ccc(C(=O)NC2C3CCCC2CC(N)C3)n1. The molecule has 2 saturated carbocycles. The van der Waals surface area contributed by atoms with Gasteiger partial charge in [0.25, 0.3) is 5.91 Å². The van der Waals surface area contributed by atoms with E-state index in [1.807, 2.05) is 10.9 Å². The lowest BCUT2D eigenvalue weighted by molar-refractivity contribution is 0.0751. The molecule has 2 aliphatic carbocycles. The third kappa shape index (κ3) is 2.98. The Hall–Kier alpha value is -1.36. The van der Waals surface area contributed by atoms with Crippen LogP contribution in [0.3, 0.4) is 0 Å². The number of fused-ring (bicyclic) bond motifs is 2. The van der Waals surface area contributed by atoms with E-state index in [0.717, 1.165) is 12.8 Å². The Kier molecular flexibility index (Phi) is 4.02. The van der Waals surface area contributed by atoms with E-state index in [1.54, 1.807) is 6.07 Å². The molecule has 1 aromatic heterocycles. The predicted molar refractivity (Wildman–Crippen MR) is 81.9 cm³/mol. The summed E-state index contributed by atoms with van der Waals surface area (Å²) in [5.41, 5.74) is 6.66. The van der Waals surface area contributed by atoms with E-state index in [-0.39, 0.29) is 18.0 Å². The number of rotatable bonds is 3. The average molecular weight is 290 g/mol. The minimum atomic E-state index is -0.0354. The molecule has 3 rings (SSSR count). The highest BCUT2D eigenvalue weighted by atomic mass is 16.2. The van der Waals surface area contributed by atoms with Crippen molar-refractivity contribution in [1.82, 2.24) is 15.1 Å². The van der Waals surface area contributed by atoms with Crippen LogP contribution in [0.5, 0.6) is 0 Å². The van der Waals surface area contributed by atoms with Gasteiger partial charge in [-0.25, -0.2) is 0 Å². The van der Waals surface area contributed by atoms with E-state index in [1.165, 1.54) is 19.3 Å². The van der Waals surface area contributed by atoms with Crippen LogP contribution < -0.4 is 11.1 Å². The van der Waals surface area contributed by atoms with Crippen molar-refractivity contribution >= 4 is 5.91 Å². The van der Waals surface area contributed by atoms with Gasteiger partial charge in [0.05, 0.1) is 0 Å². The van der Waals surface area contributed by atoms with Crippen molar-refractivity contribution in [2.24, 2.45) is 17.6 Å². The normalized spacial score (nSPS) is 32.2. The lowest BCUT2D eigenvalue weighted by Crippen LogP contribution is -2.53. The molecule has 5 nitrogen and oxygen atoms in total. The van der Waals surface area contributed by atoms with Gasteiger partial charge >= 0.3 is 0 Å². The van der Waals surface area contributed by atoms with Crippen molar-refractivity contribution < 1.29 is 4.79 Å². The number of nitrogens with one attached hydrogen (secondary N) is 1. The van der Waals surface area contributed by atoms with Crippen molar-refractivity contribution in [2.75, 3.05) is 0 Å². The molecular weight excluding hydrogens is 264 g/mol. The summed E-state index contributed by atoms with van der Waals surface area (Å²) in [5, 5.41) is 7.60. The minimum absolute atomic E-state index is 0.0354. The first-order chi connectivity index (χ1) is 10.0. The van der Waals surface area contributed by atoms with Crippen molar-refractivity contribution in [1.29, 1.82) is 0 Å². The molecule has 2 aliphatic rings. The summed E-state index contributed by atoms with van der Waals surface area (Å²) < 4.78 is 1.83. The van der Waals surface area contributed by atoms with Gasteiger partial charge < -0.3 is 11.1 Å². The van der Waals surface area contributed by atoms with Crippen LogP contribution in [-0.2, 0) is 0 Å². The van der Waals surface area contributed by atoms with E-state index < -0.39 is 0 Å². The molecule has 21 heavy (non-hydrogen) atoms. The highest BCUT2D eigenvalue weighted by Gasteiger charge is 2.40. The largest absolute Gasteiger partial charge is 0.347 e. The van der Waals surface area contributed by atoms with E-state index >= 15 is 0 Å². The van der Waals surface area contributed by atoms with E-state index in [4.69, 9.17) is 5.73 Å². The van der Waals surface area contributed by atoms with Crippen molar-refractivity contribution in [3.63, 3.8) is 0 Å². The van der Waals surface area contributed by atoms with Crippen LogP contribution >= 0.6 is 0 Å². The summed E-state index contributed by atoms with van der Waals surface area (Å²) in [7, 11) is 0. The van der Waals surface area contributed by atoms with Gasteiger partial charge in [0.15, 0.2) is 0 Å². The van der Waals surface area contributed by atoms with E-state index in [9.17, 15) is 4.79 Å². The third-order valence-electron chi connectivity index (χ3n) is 5.04. The molecular formula is C16H26N4O. The Morgan fingerprint density at radius 1 is 1.38 bits per heavy atom. The molecule has 0 radical (unpaired) electrons. The molecule has 0 aromatic carbocycles. The molecule has 2 atom stereocenters. The van der Waals surface area contributed by atoms with Gasteiger partial charge in [-0.2, -0.15) is 5.10 Å². The van der Waals surface area contributed by atoms with Gasteiger partial charge in [-0.1, -0.05) is 6.42 Å². The van der Waals surface area contributed by atoms with Crippen molar-refractivity contribution in [2.45, 2.75) is 64.1 Å². The van der Waals surface area contributed by atoms with Crippen LogP contribution in [0, 0.1) is 11.8 Å². The van der Waals surface area contributed by atoms with Gasteiger partial charge in [-0.05, 0) is 57.4 Å². The maximum absolute atomic E-state index is 12.4. The number of carbonyl (C=O) groups is 1. The topological polar surface area (TPSA) is 72.9 Å². The molecule has 2 unspecified atom stereocenters.